The second kappa shape index (κ2) is 7.81. The number of rotatable bonds is 5. The van der Waals surface area contributed by atoms with Crippen LogP contribution in [0.5, 0.6) is 5.75 Å². The van der Waals surface area contributed by atoms with Gasteiger partial charge in [0.1, 0.15) is 40.6 Å². The number of H-pyrrole nitrogens is 1. The predicted molar refractivity (Wildman–Crippen MR) is 104 cm³/mol. The van der Waals surface area contributed by atoms with Crippen molar-refractivity contribution in [3.63, 3.8) is 0 Å². The summed E-state index contributed by atoms with van der Waals surface area (Å²) in [6.45, 7) is 2.37. The third kappa shape index (κ3) is 3.15. The third-order valence-electron chi connectivity index (χ3n) is 4.43. The molecule has 0 aliphatic heterocycles. The second-order valence-electron chi connectivity index (χ2n) is 6.20. The number of nitrogens with two attached hydrogens (primary N) is 1. The Hall–Kier alpha value is -3.84. The fourth-order valence-electron chi connectivity index (χ4n) is 3.08. The summed E-state index contributed by atoms with van der Waals surface area (Å²) in [5.74, 6) is -0.432. The Kier molecular flexibility index (Phi) is 5.28. The minimum atomic E-state index is -0.748. The van der Waals surface area contributed by atoms with Gasteiger partial charge in [0.25, 0.3) is 5.56 Å². The number of unbranched alkanes of at least 4 members (excludes halogenated alkanes) is 1. The van der Waals surface area contributed by atoms with Gasteiger partial charge in [-0.25, -0.2) is 4.39 Å². The number of halogens is 1. The van der Waals surface area contributed by atoms with Crippen LogP contribution in [-0.4, -0.2) is 11.6 Å². The molecule has 0 unspecified atom stereocenters. The van der Waals surface area contributed by atoms with E-state index in [2.05, 4.69) is 4.98 Å². The van der Waals surface area contributed by atoms with E-state index in [1.54, 1.807) is 30.3 Å². The highest BCUT2D eigenvalue weighted by atomic mass is 19.1. The minimum Gasteiger partial charge on any atom is -0.492 e. The number of nitrogen functional groups attached to an aromatic ring is 1. The van der Waals surface area contributed by atoms with Gasteiger partial charge in [0.15, 0.2) is 0 Å². The molecule has 0 saturated heterocycles. The topological polar surface area (TPSA) is 116 Å². The molecule has 28 heavy (non-hydrogen) atoms. The largest absolute Gasteiger partial charge is 0.492 e. The highest BCUT2D eigenvalue weighted by molar-refractivity contribution is 5.97. The van der Waals surface area contributed by atoms with Crippen molar-refractivity contribution in [1.82, 2.24) is 4.98 Å². The van der Waals surface area contributed by atoms with Crippen LogP contribution in [0.15, 0.2) is 35.1 Å². The van der Waals surface area contributed by atoms with Crippen molar-refractivity contribution in [1.29, 1.82) is 10.5 Å². The molecule has 1 aromatic heterocycles. The van der Waals surface area contributed by atoms with Gasteiger partial charge in [-0.3, -0.25) is 4.79 Å². The Morgan fingerprint density at radius 1 is 1.18 bits per heavy atom. The molecule has 3 rings (SSSR count). The van der Waals surface area contributed by atoms with E-state index in [0.717, 1.165) is 12.8 Å². The van der Waals surface area contributed by atoms with Gasteiger partial charge in [-0.15, -0.1) is 0 Å². The molecule has 2 aromatic carbocycles. The number of aromatic amines is 1. The molecule has 6 nitrogen and oxygen atoms in total. The Bertz CT molecular complexity index is 1200. The van der Waals surface area contributed by atoms with Gasteiger partial charge in [-0.05, 0) is 12.5 Å². The van der Waals surface area contributed by atoms with Gasteiger partial charge >= 0.3 is 0 Å². The van der Waals surface area contributed by atoms with Crippen molar-refractivity contribution in [2.75, 3.05) is 12.3 Å². The highest BCUT2D eigenvalue weighted by Gasteiger charge is 2.24. The SMILES string of the molecule is CCCCOc1c(-c2c(C#N)c(N)[nH]c(=O)c2C#N)cc(F)c2ccccc12. The second-order valence-corrected chi connectivity index (χ2v) is 6.20. The van der Waals surface area contributed by atoms with Crippen molar-refractivity contribution in [2.45, 2.75) is 19.8 Å². The molecule has 1 heterocycles. The van der Waals surface area contributed by atoms with E-state index < -0.39 is 11.4 Å². The maximum Gasteiger partial charge on any atom is 0.268 e. The zero-order valence-corrected chi connectivity index (χ0v) is 15.2. The molecule has 0 atom stereocenters. The van der Waals surface area contributed by atoms with Crippen molar-refractivity contribution in [2.24, 2.45) is 0 Å². The fraction of sp³-hybridized carbons (Fsp3) is 0.190. The van der Waals surface area contributed by atoms with Gasteiger partial charge in [0.05, 0.1) is 6.61 Å². The summed E-state index contributed by atoms with van der Waals surface area (Å²) in [5.41, 5.74) is 4.75. The molecule has 0 aliphatic carbocycles. The lowest BCUT2D eigenvalue weighted by Crippen LogP contribution is -2.16. The van der Waals surface area contributed by atoms with E-state index in [0.29, 0.717) is 23.1 Å². The Morgan fingerprint density at radius 3 is 2.50 bits per heavy atom. The van der Waals surface area contributed by atoms with Gasteiger partial charge in [-0.2, -0.15) is 10.5 Å². The summed E-state index contributed by atoms with van der Waals surface area (Å²) in [6, 6.07) is 11.6. The molecule has 0 bridgehead atoms. The maximum absolute atomic E-state index is 14.8. The van der Waals surface area contributed by atoms with Crippen LogP contribution in [0.2, 0.25) is 0 Å². The van der Waals surface area contributed by atoms with Crippen LogP contribution >= 0.6 is 0 Å². The minimum absolute atomic E-state index is 0.0256. The number of nitriles is 2. The van der Waals surface area contributed by atoms with Gasteiger partial charge in [0.2, 0.25) is 0 Å². The number of fused-ring (bicyclic) bond motifs is 1. The molecule has 0 radical (unpaired) electrons. The number of hydrogen-bond donors (Lipinski definition) is 2. The van der Waals surface area contributed by atoms with Gasteiger partial charge < -0.3 is 15.5 Å². The van der Waals surface area contributed by atoms with E-state index in [1.807, 2.05) is 13.0 Å². The molecule has 3 aromatic rings. The normalized spacial score (nSPS) is 10.4. The molecule has 0 saturated carbocycles. The molecule has 0 spiro atoms. The van der Waals surface area contributed by atoms with Crippen LogP contribution < -0.4 is 16.0 Å². The first-order valence-electron chi connectivity index (χ1n) is 8.73. The summed E-state index contributed by atoms with van der Waals surface area (Å²) in [4.78, 5) is 14.5. The maximum atomic E-state index is 14.8. The average molecular weight is 376 g/mol. The summed E-state index contributed by atoms with van der Waals surface area (Å²) in [6.07, 6.45) is 1.65. The van der Waals surface area contributed by atoms with E-state index in [1.165, 1.54) is 6.07 Å². The van der Waals surface area contributed by atoms with Crippen LogP contribution in [0.1, 0.15) is 30.9 Å². The summed E-state index contributed by atoms with van der Waals surface area (Å²) < 4.78 is 20.8. The first kappa shape index (κ1) is 18.9. The number of hydrogen-bond acceptors (Lipinski definition) is 5. The van der Waals surface area contributed by atoms with Crippen molar-refractivity contribution >= 4 is 16.6 Å². The highest BCUT2D eigenvalue weighted by Crippen LogP contribution is 2.41. The molecule has 0 aliphatic rings. The molecular formula is C21H17FN4O2. The van der Waals surface area contributed by atoms with Gasteiger partial charge in [0, 0.05) is 21.9 Å². The first-order valence-corrected chi connectivity index (χ1v) is 8.73. The lowest BCUT2D eigenvalue weighted by atomic mass is 9.93. The molecule has 0 amide bonds. The first-order chi connectivity index (χ1) is 13.5. The Labute approximate surface area is 160 Å². The number of nitrogens with zero attached hydrogens (tertiary/aromatic N) is 2. The number of nitrogens with one attached hydrogen (secondary N) is 1. The van der Waals surface area contributed by atoms with Crippen LogP contribution in [0.4, 0.5) is 10.2 Å². The van der Waals surface area contributed by atoms with Crippen LogP contribution in [0, 0.1) is 28.5 Å². The van der Waals surface area contributed by atoms with Crippen molar-refractivity contribution in [3.8, 4) is 29.0 Å². The van der Waals surface area contributed by atoms with Crippen LogP contribution in [-0.2, 0) is 0 Å². The standard InChI is InChI=1S/C21H17FN4O2/c1-2-3-8-28-19-13-7-5-4-6-12(13)17(22)9-14(19)18-15(10-23)20(25)26-21(27)16(18)11-24/h4-7,9H,2-3,8H2,1H3,(H3,25,26,27). The smallest absolute Gasteiger partial charge is 0.268 e. The Morgan fingerprint density at radius 2 is 1.86 bits per heavy atom. The number of pyridine rings is 1. The van der Waals surface area contributed by atoms with Crippen LogP contribution in [0.3, 0.4) is 0 Å². The average Bonchev–Trinajstić information content (AvgIpc) is 2.69. The Balaban J connectivity index is 2.45. The van der Waals surface area contributed by atoms with Crippen molar-refractivity contribution < 1.29 is 9.13 Å². The number of aromatic nitrogens is 1. The number of ether oxygens (including phenoxy) is 1. The quantitative estimate of drug-likeness (QED) is 0.656. The zero-order valence-electron chi connectivity index (χ0n) is 15.2. The fourth-order valence-corrected chi connectivity index (χ4v) is 3.08. The summed E-state index contributed by atoms with van der Waals surface area (Å²) in [5, 5.41) is 19.9. The molecule has 3 N–H and O–H groups in total. The summed E-state index contributed by atoms with van der Waals surface area (Å²) >= 11 is 0. The van der Waals surface area contributed by atoms with E-state index in [-0.39, 0.29) is 28.1 Å². The summed E-state index contributed by atoms with van der Waals surface area (Å²) in [7, 11) is 0. The number of benzene rings is 2. The van der Waals surface area contributed by atoms with E-state index in [9.17, 15) is 19.7 Å². The number of anilines is 1. The van der Waals surface area contributed by atoms with E-state index in [4.69, 9.17) is 10.5 Å². The van der Waals surface area contributed by atoms with Gasteiger partial charge in [-0.1, -0.05) is 37.6 Å². The molecule has 140 valence electrons. The van der Waals surface area contributed by atoms with E-state index >= 15 is 0 Å². The van der Waals surface area contributed by atoms with Crippen molar-refractivity contribution in [3.05, 3.63) is 57.6 Å². The lowest BCUT2D eigenvalue weighted by molar-refractivity contribution is 0.314. The third-order valence-corrected chi connectivity index (χ3v) is 4.43. The predicted octanol–water partition coefficient (Wildman–Crippen LogP) is 3.84. The molecule has 7 heteroatoms. The monoisotopic (exact) mass is 376 g/mol. The molecule has 0 fully saturated rings. The molecular weight excluding hydrogens is 359 g/mol. The van der Waals surface area contributed by atoms with Crippen LogP contribution in [0.25, 0.3) is 21.9 Å². The zero-order chi connectivity index (χ0) is 20.3. The lowest BCUT2D eigenvalue weighted by Gasteiger charge is -2.17.